The molecule has 0 spiro atoms. The lowest BCUT2D eigenvalue weighted by Gasteiger charge is -2.14. The van der Waals surface area contributed by atoms with Crippen LogP contribution in [0.5, 0.6) is 0 Å². The van der Waals surface area contributed by atoms with E-state index in [0.717, 1.165) is 11.5 Å². The summed E-state index contributed by atoms with van der Waals surface area (Å²) in [5.41, 5.74) is 5.93. The summed E-state index contributed by atoms with van der Waals surface area (Å²) in [7, 11) is 0. The molecule has 1 unspecified atom stereocenters. The van der Waals surface area contributed by atoms with Crippen LogP contribution in [0, 0.1) is 12.8 Å². The maximum Gasteiger partial charge on any atom is 0.114 e. The van der Waals surface area contributed by atoms with Crippen LogP contribution in [0.3, 0.4) is 0 Å². The first kappa shape index (κ1) is 10.7. The second-order valence-electron chi connectivity index (χ2n) is 3.56. The predicted molar refractivity (Wildman–Crippen MR) is 57.0 cm³/mol. The largest absolute Gasteiger partial charge is 0.468 e. The molecule has 3 heteroatoms. The third-order valence-electron chi connectivity index (χ3n) is 2.10. The Bertz CT molecular complexity index is 257. The second-order valence-corrected chi connectivity index (χ2v) is 4.62. The second kappa shape index (κ2) is 4.72. The molecule has 1 aromatic rings. The van der Waals surface area contributed by atoms with Crippen molar-refractivity contribution in [2.75, 3.05) is 5.75 Å². The normalized spacial score (nSPS) is 13.6. The SMILES string of the molecule is Cc1occc1SCC(N)C(C)C. The van der Waals surface area contributed by atoms with Gasteiger partial charge in [-0.15, -0.1) is 11.8 Å². The van der Waals surface area contributed by atoms with Crippen LogP contribution < -0.4 is 5.73 Å². The highest BCUT2D eigenvalue weighted by Gasteiger charge is 2.09. The highest BCUT2D eigenvalue weighted by atomic mass is 32.2. The average molecular weight is 199 g/mol. The molecule has 74 valence electrons. The number of aryl methyl sites for hydroxylation is 1. The number of nitrogens with two attached hydrogens (primary N) is 1. The van der Waals surface area contributed by atoms with Crippen LogP contribution in [-0.2, 0) is 0 Å². The molecule has 1 heterocycles. The van der Waals surface area contributed by atoms with Gasteiger partial charge < -0.3 is 10.2 Å². The number of hydrogen-bond donors (Lipinski definition) is 1. The van der Waals surface area contributed by atoms with Gasteiger partial charge in [-0.3, -0.25) is 0 Å². The number of furan rings is 1. The van der Waals surface area contributed by atoms with Crippen molar-refractivity contribution in [2.24, 2.45) is 11.7 Å². The molecular weight excluding hydrogens is 182 g/mol. The summed E-state index contributed by atoms with van der Waals surface area (Å²) < 4.78 is 5.20. The third kappa shape index (κ3) is 3.08. The predicted octanol–water partition coefficient (Wildman–Crippen LogP) is 2.66. The minimum Gasteiger partial charge on any atom is -0.468 e. The summed E-state index contributed by atoms with van der Waals surface area (Å²) >= 11 is 1.77. The van der Waals surface area contributed by atoms with Gasteiger partial charge in [0, 0.05) is 16.7 Å². The van der Waals surface area contributed by atoms with Crippen molar-refractivity contribution in [2.45, 2.75) is 31.7 Å². The van der Waals surface area contributed by atoms with E-state index in [-0.39, 0.29) is 6.04 Å². The first-order chi connectivity index (χ1) is 6.11. The first-order valence-corrected chi connectivity index (χ1v) is 5.52. The van der Waals surface area contributed by atoms with Crippen LogP contribution in [-0.4, -0.2) is 11.8 Å². The van der Waals surface area contributed by atoms with Crippen LogP contribution in [0.2, 0.25) is 0 Å². The Balaban J connectivity index is 2.39. The molecular formula is C10H17NOS. The summed E-state index contributed by atoms with van der Waals surface area (Å²) in [5.74, 6) is 2.48. The smallest absolute Gasteiger partial charge is 0.114 e. The molecule has 0 saturated carbocycles. The van der Waals surface area contributed by atoms with E-state index in [9.17, 15) is 0 Å². The van der Waals surface area contributed by atoms with Gasteiger partial charge in [0.15, 0.2) is 0 Å². The Morgan fingerprint density at radius 3 is 2.69 bits per heavy atom. The maximum atomic E-state index is 5.93. The minimum atomic E-state index is 0.263. The van der Waals surface area contributed by atoms with E-state index in [0.29, 0.717) is 5.92 Å². The van der Waals surface area contributed by atoms with Crippen molar-refractivity contribution in [1.29, 1.82) is 0 Å². The lowest BCUT2D eigenvalue weighted by atomic mass is 10.1. The fraction of sp³-hybridized carbons (Fsp3) is 0.600. The number of thioether (sulfide) groups is 1. The standard InChI is InChI=1S/C10H17NOS/c1-7(2)9(11)6-13-10-4-5-12-8(10)3/h4-5,7,9H,6,11H2,1-3H3. The van der Waals surface area contributed by atoms with Gasteiger partial charge >= 0.3 is 0 Å². The van der Waals surface area contributed by atoms with Gasteiger partial charge in [0.1, 0.15) is 5.76 Å². The molecule has 1 atom stereocenters. The summed E-state index contributed by atoms with van der Waals surface area (Å²) in [6.45, 7) is 6.27. The van der Waals surface area contributed by atoms with Crippen LogP contribution in [0.1, 0.15) is 19.6 Å². The topological polar surface area (TPSA) is 39.2 Å². The minimum absolute atomic E-state index is 0.263. The van der Waals surface area contributed by atoms with Gasteiger partial charge in [-0.2, -0.15) is 0 Å². The molecule has 1 rings (SSSR count). The van der Waals surface area contributed by atoms with Crippen LogP contribution >= 0.6 is 11.8 Å². The van der Waals surface area contributed by atoms with Gasteiger partial charge in [-0.25, -0.2) is 0 Å². The Labute approximate surface area is 83.9 Å². The molecule has 0 aromatic carbocycles. The fourth-order valence-corrected chi connectivity index (χ4v) is 2.06. The highest BCUT2D eigenvalue weighted by molar-refractivity contribution is 7.99. The van der Waals surface area contributed by atoms with E-state index in [4.69, 9.17) is 10.2 Å². The van der Waals surface area contributed by atoms with Crippen LogP contribution in [0.15, 0.2) is 21.6 Å². The number of rotatable bonds is 4. The van der Waals surface area contributed by atoms with E-state index in [2.05, 4.69) is 13.8 Å². The van der Waals surface area contributed by atoms with Gasteiger partial charge in [0.25, 0.3) is 0 Å². The van der Waals surface area contributed by atoms with Crippen LogP contribution in [0.4, 0.5) is 0 Å². The van der Waals surface area contributed by atoms with Crippen molar-refractivity contribution in [3.05, 3.63) is 18.1 Å². The quantitative estimate of drug-likeness (QED) is 0.758. The monoisotopic (exact) mass is 199 g/mol. The average Bonchev–Trinajstić information content (AvgIpc) is 2.47. The molecule has 0 aliphatic carbocycles. The van der Waals surface area contributed by atoms with Crippen LogP contribution in [0.25, 0.3) is 0 Å². The Morgan fingerprint density at radius 2 is 2.23 bits per heavy atom. The fourth-order valence-electron chi connectivity index (χ4n) is 0.902. The van der Waals surface area contributed by atoms with E-state index in [1.165, 1.54) is 4.90 Å². The van der Waals surface area contributed by atoms with Crippen molar-refractivity contribution in [1.82, 2.24) is 0 Å². The third-order valence-corrected chi connectivity index (χ3v) is 3.38. The zero-order valence-corrected chi connectivity index (χ0v) is 9.23. The molecule has 0 fully saturated rings. The van der Waals surface area contributed by atoms with Gasteiger partial charge in [0.2, 0.25) is 0 Å². The zero-order chi connectivity index (χ0) is 9.84. The first-order valence-electron chi connectivity index (χ1n) is 4.53. The lowest BCUT2D eigenvalue weighted by Crippen LogP contribution is -2.28. The van der Waals surface area contributed by atoms with Crippen molar-refractivity contribution >= 4 is 11.8 Å². The van der Waals surface area contributed by atoms with E-state index in [1.807, 2.05) is 13.0 Å². The van der Waals surface area contributed by atoms with Gasteiger partial charge in [-0.05, 0) is 18.9 Å². The van der Waals surface area contributed by atoms with Crippen molar-refractivity contribution < 1.29 is 4.42 Å². The Morgan fingerprint density at radius 1 is 1.54 bits per heavy atom. The zero-order valence-electron chi connectivity index (χ0n) is 8.41. The van der Waals surface area contributed by atoms with E-state index < -0.39 is 0 Å². The van der Waals surface area contributed by atoms with E-state index >= 15 is 0 Å². The summed E-state index contributed by atoms with van der Waals surface area (Å²) in [6.07, 6.45) is 1.72. The van der Waals surface area contributed by atoms with Crippen molar-refractivity contribution in [3.63, 3.8) is 0 Å². The molecule has 1 aromatic heterocycles. The Kier molecular flexibility index (Phi) is 3.88. The molecule has 2 nitrogen and oxygen atoms in total. The number of hydrogen-bond acceptors (Lipinski definition) is 3. The summed E-state index contributed by atoms with van der Waals surface area (Å²) in [6, 6.07) is 2.26. The molecule has 0 aliphatic heterocycles. The van der Waals surface area contributed by atoms with Gasteiger partial charge in [0.05, 0.1) is 6.26 Å². The molecule has 0 aliphatic rings. The summed E-state index contributed by atoms with van der Waals surface area (Å²) in [4.78, 5) is 1.20. The molecule has 13 heavy (non-hydrogen) atoms. The Hall–Kier alpha value is -0.410. The molecule has 0 saturated heterocycles. The highest BCUT2D eigenvalue weighted by Crippen LogP contribution is 2.24. The molecule has 0 bridgehead atoms. The molecule has 0 radical (unpaired) electrons. The van der Waals surface area contributed by atoms with Crippen molar-refractivity contribution in [3.8, 4) is 0 Å². The summed E-state index contributed by atoms with van der Waals surface area (Å²) in [5, 5.41) is 0. The van der Waals surface area contributed by atoms with E-state index in [1.54, 1.807) is 18.0 Å². The molecule has 2 N–H and O–H groups in total. The maximum absolute atomic E-state index is 5.93. The lowest BCUT2D eigenvalue weighted by molar-refractivity contribution is 0.525. The van der Waals surface area contributed by atoms with Gasteiger partial charge in [-0.1, -0.05) is 13.8 Å². The molecule has 0 amide bonds.